The van der Waals surface area contributed by atoms with Gasteiger partial charge in [0.05, 0.1) is 0 Å². The molecule has 1 N–H and O–H groups in total. The summed E-state index contributed by atoms with van der Waals surface area (Å²) in [5, 5.41) is 3.05. The maximum Gasteiger partial charge on any atom is 0.251 e. The first kappa shape index (κ1) is 15.4. The molecule has 2 rings (SSSR count). The maximum atomic E-state index is 12.3. The van der Waals surface area contributed by atoms with Gasteiger partial charge >= 0.3 is 0 Å². The van der Waals surface area contributed by atoms with E-state index in [4.69, 9.17) is 0 Å². The van der Waals surface area contributed by atoms with Crippen molar-refractivity contribution in [2.45, 2.75) is 25.3 Å². The number of carbonyl (C=O) groups is 2. The maximum absolute atomic E-state index is 12.3. The monoisotopic (exact) mass is 289 g/mol. The van der Waals surface area contributed by atoms with Gasteiger partial charge in [0.2, 0.25) is 5.91 Å². The fourth-order valence-corrected chi connectivity index (χ4v) is 2.45. The van der Waals surface area contributed by atoms with Gasteiger partial charge in [-0.2, -0.15) is 0 Å². The molecule has 0 aliphatic carbocycles. The van der Waals surface area contributed by atoms with Crippen LogP contribution in [0.2, 0.25) is 0 Å². The van der Waals surface area contributed by atoms with Crippen LogP contribution < -0.4 is 10.2 Å². The largest absolute Gasteiger partial charge is 0.378 e. The molecule has 1 heterocycles. The molecular formula is C16H23N3O2. The lowest BCUT2D eigenvalue weighted by atomic mass is 10.1. The van der Waals surface area contributed by atoms with Crippen LogP contribution in [-0.4, -0.2) is 50.4 Å². The quantitative estimate of drug-likeness (QED) is 0.917. The summed E-state index contributed by atoms with van der Waals surface area (Å²) in [6, 6.07) is 7.61. The number of hydrogen-bond donors (Lipinski definition) is 1. The molecule has 5 nitrogen and oxygen atoms in total. The highest BCUT2D eigenvalue weighted by Gasteiger charge is 2.21. The summed E-state index contributed by atoms with van der Waals surface area (Å²) in [5.74, 6) is 0.0852. The molecule has 1 aromatic rings. The average Bonchev–Trinajstić information content (AvgIpc) is 2.63. The third-order valence-corrected chi connectivity index (χ3v) is 3.91. The zero-order chi connectivity index (χ0) is 15.4. The van der Waals surface area contributed by atoms with Crippen LogP contribution in [0.4, 0.5) is 5.69 Å². The van der Waals surface area contributed by atoms with Gasteiger partial charge < -0.3 is 15.1 Å². The van der Waals surface area contributed by atoms with Crippen LogP contribution in [0, 0.1) is 0 Å². The van der Waals surface area contributed by atoms with E-state index >= 15 is 0 Å². The number of amides is 2. The number of nitrogens with one attached hydrogen (secondary N) is 1. The van der Waals surface area contributed by atoms with Crippen molar-refractivity contribution in [2.24, 2.45) is 0 Å². The molecule has 1 aliphatic rings. The molecule has 1 atom stereocenters. The summed E-state index contributed by atoms with van der Waals surface area (Å²) in [7, 11) is 5.71. The molecule has 1 aromatic carbocycles. The van der Waals surface area contributed by atoms with Crippen LogP contribution in [0.1, 0.15) is 29.6 Å². The molecule has 21 heavy (non-hydrogen) atoms. The predicted octanol–water partition coefficient (Wildman–Crippen LogP) is 1.49. The second kappa shape index (κ2) is 6.61. The lowest BCUT2D eigenvalue weighted by Crippen LogP contribution is -2.35. The summed E-state index contributed by atoms with van der Waals surface area (Å²) in [4.78, 5) is 27.7. The van der Waals surface area contributed by atoms with E-state index in [1.807, 2.05) is 50.3 Å². The summed E-state index contributed by atoms with van der Waals surface area (Å²) in [6.45, 7) is 0.696. The molecule has 1 unspecified atom stereocenters. The minimum atomic E-state index is -0.0688. The number of nitrogens with zero attached hydrogens (tertiary/aromatic N) is 2. The van der Waals surface area contributed by atoms with Crippen molar-refractivity contribution in [3.63, 3.8) is 0 Å². The van der Waals surface area contributed by atoms with Crippen LogP contribution in [-0.2, 0) is 4.79 Å². The predicted molar refractivity (Wildman–Crippen MR) is 83.5 cm³/mol. The van der Waals surface area contributed by atoms with Gasteiger partial charge in [-0.3, -0.25) is 9.59 Å². The topological polar surface area (TPSA) is 52.7 Å². The molecule has 1 saturated heterocycles. The third-order valence-electron chi connectivity index (χ3n) is 3.91. The van der Waals surface area contributed by atoms with Crippen LogP contribution in [0.15, 0.2) is 24.3 Å². The SMILES string of the molecule is CN1CCC(NC(=O)c2cccc(N(C)C)c2)CCC1=O. The number of anilines is 1. The molecule has 1 aliphatic heterocycles. The van der Waals surface area contributed by atoms with E-state index in [0.717, 1.165) is 12.1 Å². The van der Waals surface area contributed by atoms with Gasteiger partial charge in [-0.1, -0.05) is 6.07 Å². The van der Waals surface area contributed by atoms with Gasteiger partial charge in [-0.05, 0) is 31.0 Å². The Morgan fingerprint density at radius 1 is 1.33 bits per heavy atom. The van der Waals surface area contributed by atoms with E-state index < -0.39 is 0 Å². The van der Waals surface area contributed by atoms with E-state index in [-0.39, 0.29) is 17.9 Å². The van der Waals surface area contributed by atoms with Gasteiger partial charge in [0.1, 0.15) is 0 Å². The van der Waals surface area contributed by atoms with Crippen molar-refractivity contribution in [1.82, 2.24) is 10.2 Å². The van der Waals surface area contributed by atoms with Gasteiger partial charge in [-0.25, -0.2) is 0 Å². The zero-order valence-corrected chi connectivity index (χ0v) is 12.9. The molecule has 0 bridgehead atoms. The molecule has 1 fully saturated rings. The number of hydrogen-bond acceptors (Lipinski definition) is 3. The van der Waals surface area contributed by atoms with E-state index in [1.54, 1.807) is 4.90 Å². The Hall–Kier alpha value is -2.04. The lowest BCUT2D eigenvalue weighted by molar-refractivity contribution is -0.129. The minimum absolute atomic E-state index is 0.0643. The summed E-state index contributed by atoms with van der Waals surface area (Å²) in [6.07, 6.45) is 2.02. The van der Waals surface area contributed by atoms with Gasteiger partial charge in [-0.15, -0.1) is 0 Å². The molecule has 5 heteroatoms. The van der Waals surface area contributed by atoms with Gasteiger partial charge in [0.25, 0.3) is 5.91 Å². The highest BCUT2D eigenvalue weighted by Crippen LogP contribution is 2.15. The smallest absolute Gasteiger partial charge is 0.251 e. The van der Waals surface area contributed by atoms with Crippen molar-refractivity contribution >= 4 is 17.5 Å². The normalized spacial score (nSPS) is 19.1. The van der Waals surface area contributed by atoms with E-state index in [9.17, 15) is 9.59 Å². The van der Waals surface area contributed by atoms with Crippen molar-refractivity contribution in [1.29, 1.82) is 0 Å². The van der Waals surface area contributed by atoms with Crippen LogP contribution in [0.25, 0.3) is 0 Å². The zero-order valence-electron chi connectivity index (χ0n) is 12.9. The van der Waals surface area contributed by atoms with Crippen molar-refractivity contribution < 1.29 is 9.59 Å². The Kier molecular flexibility index (Phi) is 4.83. The van der Waals surface area contributed by atoms with Crippen molar-refractivity contribution in [3.8, 4) is 0 Å². The molecule has 0 saturated carbocycles. The number of benzene rings is 1. The Bertz CT molecular complexity index is 528. The lowest BCUT2D eigenvalue weighted by Gasteiger charge is -2.18. The second-order valence-electron chi connectivity index (χ2n) is 5.76. The summed E-state index contributed by atoms with van der Waals surface area (Å²) < 4.78 is 0. The fraction of sp³-hybridized carbons (Fsp3) is 0.500. The molecule has 0 spiro atoms. The van der Waals surface area contributed by atoms with Gasteiger partial charge in [0.15, 0.2) is 0 Å². The second-order valence-corrected chi connectivity index (χ2v) is 5.76. The summed E-state index contributed by atoms with van der Waals surface area (Å²) in [5.41, 5.74) is 1.66. The Labute approximate surface area is 125 Å². The first-order chi connectivity index (χ1) is 9.97. The molecular weight excluding hydrogens is 266 g/mol. The first-order valence-corrected chi connectivity index (χ1v) is 7.29. The molecule has 2 amide bonds. The highest BCUT2D eigenvalue weighted by atomic mass is 16.2. The number of rotatable bonds is 3. The third kappa shape index (κ3) is 3.97. The van der Waals surface area contributed by atoms with Crippen LogP contribution >= 0.6 is 0 Å². The Balaban J connectivity index is 2.01. The van der Waals surface area contributed by atoms with E-state index in [0.29, 0.717) is 24.9 Å². The van der Waals surface area contributed by atoms with Crippen LogP contribution in [0.5, 0.6) is 0 Å². The van der Waals surface area contributed by atoms with Crippen molar-refractivity contribution in [3.05, 3.63) is 29.8 Å². The molecule has 0 aromatic heterocycles. The molecule has 114 valence electrons. The van der Waals surface area contributed by atoms with Crippen LogP contribution in [0.3, 0.4) is 0 Å². The van der Waals surface area contributed by atoms with Crippen molar-refractivity contribution in [2.75, 3.05) is 32.6 Å². The minimum Gasteiger partial charge on any atom is -0.378 e. The highest BCUT2D eigenvalue weighted by molar-refractivity contribution is 5.95. The average molecular weight is 289 g/mol. The van der Waals surface area contributed by atoms with E-state index in [2.05, 4.69) is 5.32 Å². The Morgan fingerprint density at radius 3 is 2.81 bits per heavy atom. The standard InChI is InChI=1S/C16H23N3O2/c1-18(2)14-6-4-5-12(11-14)16(21)17-13-7-8-15(20)19(3)10-9-13/h4-6,11,13H,7-10H2,1-3H3,(H,17,21). The molecule has 0 radical (unpaired) electrons. The fourth-order valence-electron chi connectivity index (χ4n) is 2.45. The number of carbonyl (C=O) groups excluding carboxylic acids is 2. The van der Waals surface area contributed by atoms with E-state index in [1.165, 1.54) is 0 Å². The summed E-state index contributed by atoms with van der Waals surface area (Å²) >= 11 is 0. The first-order valence-electron chi connectivity index (χ1n) is 7.29. The van der Waals surface area contributed by atoms with Gasteiger partial charge in [0, 0.05) is 51.4 Å². The number of likely N-dealkylation sites (tertiary alicyclic amines) is 1. The Morgan fingerprint density at radius 2 is 2.10 bits per heavy atom.